The standard InChI is InChI=1S/C17H21NO3/c1-11-10-12-6-2-5-9-15(12)18(11)16(19)13-7-3-4-8-14(13)17(20)21/h2,5-6,9,11,13-14H,3-4,7-8,10H2,1H3,(H,20,21)/t11-,13+,14+/m1/s1. The normalized spacial score (nSPS) is 28.2. The van der Waals surface area contributed by atoms with E-state index in [4.69, 9.17) is 0 Å². The fourth-order valence-electron chi connectivity index (χ4n) is 3.80. The molecule has 0 bridgehead atoms. The Labute approximate surface area is 124 Å². The van der Waals surface area contributed by atoms with Crippen LogP contribution in [0.2, 0.25) is 0 Å². The molecule has 0 radical (unpaired) electrons. The van der Waals surface area contributed by atoms with Crippen molar-refractivity contribution in [1.29, 1.82) is 0 Å². The summed E-state index contributed by atoms with van der Waals surface area (Å²) in [5, 5.41) is 9.39. The quantitative estimate of drug-likeness (QED) is 0.910. The molecule has 1 aromatic carbocycles. The Bertz CT molecular complexity index is 569. The van der Waals surface area contributed by atoms with Gasteiger partial charge < -0.3 is 10.0 Å². The molecule has 112 valence electrons. The average Bonchev–Trinajstić information content (AvgIpc) is 2.82. The van der Waals surface area contributed by atoms with E-state index in [-0.39, 0.29) is 17.9 Å². The lowest BCUT2D eigenvalue weighted by Gasteiger charge is -2.33. The molecule has 3 atom stereocenters. The molecule has 0 unspecified atom stereocenters. The summed E-state index contributed by atoms with van der Waals surface area (Å²) in [6, 6.07) is 8.06. The number of fused-ring (bicyclic) bond motifs is 1. The van der Waals surface area contributed by atoms with E-state index in [1.54, 1.807) is 0 Å². The molecule has 1 fully saturated rings. The van der Waals surface area contributed by atoms with Crippen molar-refractivity contribution in [3.05, 3.63) is 29.8 Å². The number of amides is 1. The molecule has 4 nitrogen and oxygen atoms in total. The summed E-state index contributed by atoms with van der Waals surface area (Å²) in [5.41, 5.74) is 2.14. The number of aliphatic carboxylic acids is 1. The Balaban J connectivity index is 1.89. The molecule has 1 heterocycles. The van der Waals surface area contributed by atoms with Gasteiger partial charge in [0.1, 0.15) is 0 Å². The third kappa shape index (κ3) is 2.43. The summed E-state index contributed by atoms with van der Waals surface area (Å²) in [6.45, 7) is 2.04. The van der Waals surface area contributed by atoms with Crippen molar-refractivity contribution < 1.29 is 14.7 Å². The topological polar surface area (TPSA) is 57.6 Å². The fraction of sp³-hybridized carbons (Fsp3) is 0.529. The lowest BCUT2D eigenvalue weighted by atomic mass is 9.78. The van der Waals surface area contributed by atoms with Gasteiger partial charge in [-0.05, 0) is 37.8 Å². The highest BCUT2D eigenvalue weighted by Gasteiger charge is 2.41. The smallest absolute Gasteiger partial charge is 0.307 e. The third-order valence-corrected chi connectivity index (χ3v) is 4.85. The minimum absolute atomic E-state index is 0.000417. The zero-order valence-electron chi connectivity index (χ0n) is 12.3. The average molecular weight is 287 g/mol. The van der Waals surface area contributed by atoms with E-state index in [1.807, 2.05) is 30.0 Å². The van der Waals surface area contributed by atoms with Crippen LogP contribution in [0, 0.1) is 11.8 Å². The van der Waals surface area contributed by atoms with Crippen molar-refractivity contribution in [2.24, 2.45) is 11.8 Å². The number of nitrogens with zero attached hydrogens (tertiary/aromatic N) is 1. The second-order valence-corrected chi connectivity index (χ2v) is 6.23. The van der Waals surface area contributed by atoms with Crippen molar-refractivity contribution >= 4 is 17.6 Å². The summed E-state index contributed by atoms with van der Waals surface area (Å²) in [6.07, 6.45) is 4.03. The number of benzene rings is 1. The van der Waals surface area contributed by atoms with Crippen LogP contribution in [-0.2, 0) is 16.0 Å². The van der Waals surface area contributed by atoms with Crippen LogP contribution >= 0.6 is 0 Å². The molecule has 1 saturated carbocycles. The molecular formula is C17H21NO3. The molecule has 3 rings (SSSR count). The lowest BCUT2D eigenvalue weighted by molar-refractivity contribution is -0.148. The fourth-order valence-corrected chi connectivity index (χ4v) is 3.80. The van der Waals surface area contributed by atoms with Gasteiger partial charge in [-0.3, -0.25) is 9.59 Å². The molecule has 1 N–H and O–H groups in total. The summed E-state index contributed by atoms with van der Waals surface area (Å²) in [5.74, 6) is -1.72. The summed E-state index contributed by atoms with van der Waals surface area (Å²) in [7, 11) is 0. The van der Waals surface area contributed by atoms with Gasteiger partial charge in [0.15, 0.2) is 0 Å². The van der Waals surface area contributed by atoms with Gasteiger partial charge in [0.25, 0.3) is 0 Å². The Kier molecular flexibility index (Phi) is 3.70. The van der Waals surface area contributed by atoms with Gasteiger partial charge in [-0.15, -0.1) is 0 Å². The highest BCUT2D eigenvalue weighted by molar-refractivity contribution is 5.99. The number of para-hydroxylation sites is 1. The first-order valence-corrected chi connectivity index (χ1v) is 7.73. The van der Waals surface area contributed by atoms with E-state index >= 15 is 0 Å². The zero-order valence-corrected chi connectivity index (χ0v) is 12.3. The van der Waals surface area contributed by atoms with Crippen LogP contribution < -0.4 is 4.90 Å². The van der Waals surface area contributed by atoms with E-state index in [9.17, 15) is 14.7 Å². The van der Waals surface area contributed by atoms with Crippen molar-refractivity contribution in [2.45, 2.75) is 45.1 Å². The van der Waals surface area contributed by atoms with Gasteiger partial charge in [-0.2, -0.15) is 0 Å². The Morgan fingerprint density at radius 1 is 1.14 bits per heavy atom. The first-order valence-electron chi connectivity index (χ1n) is 7.73. The Morgan fingerprint density at radius 2 is 1.81 bits per heavy atom. The first kappa shape index (κ1) is 14.1. The molecule has 1 amide bonds. The molecular weight excluding hydrogens is 266 g/mol. The maximum Gasteiger partial charge on any atom is 0.307 e. The van der Waals surface area contributed by atoms with Crippen molar-refractivity contribution in [1.82, 2.24) is 0 Å². The largest absolute Gasteiger partial charge is 0.481 e. The number of anilines is 1. The summed E-state index contributed by atoms with van der Waals surface area (Å²) < 4.78 is 0. The molecule has 1 aliphatic carbocycles. The second kappa shape index (κ2) is 5.51. The number of carbonyl (C=O) groups excluding carboxylic acids is 1. The number of carboxylic acids is 1. The number of carbonyl (C=O) groups is 2. The summed E-state index contributed by atoms with van der Waals surface area (Å²) in [4.78, 5) is 26.2. The molecule has 0 saturated heterocycles. The van der Waals surface area contributed by atoms with Gasteiger partial charge in [-0.25, -0.2) is 0 Å². The number of carboxylic acid groups (broad SMARTS) is 1. The van der Waals surface area contributed by atoms with Gasteiger partial charge >= 0.3 is 5.97 Å². The van der Waals surface area contributed by atoms with Crippen LogP contribution in [0.1, 0.15) is 38.2 Å². The van der Waals surface area contributed by atoms with E-state index < -0.39 is 11.9 Å². The molecule has 4 heteroatoms. The van der Waals surface area contributed by atoms with Crippen LogP contribution in [0.15, 0.2) is 24.3 Å². The minimum atomic E-state index is -0.826. The second-order valence-electron chi connectivity index (χ2n) is 6.23. The predicted octanol–water partition coefficient (Wildman–Crippen LogP) is 2.86. The molecule has 2 aliphatic rings. The first-order chi connectivity index (χ1) is 10.1. The van der Waals surface area contributed by atoms with Gasteiger partial charge in [0.2, 0.25) is 5.91 Å². The van der Waals surface area contributed by atoms with Gasteiger partial charge in [0.05, 0.1) is 11.8 Å². The Hall–Kier alpha value is -1.84. The highest BCUT2D eigenvalue weighted by atomic mass is 16.4. The molecule has 21 heavy (non-hydrogen) atoms. The van der Waals surface area contributed by atoms with Crippen LogP contribution in [-0.4, -0.2) is 23.0 Å². The van der Waals surface area contributed by atoms with E-state index in [2.05, 4.69) is 6.07 Å². The van der Waals surface area contributed by atoms with E-state index in [0.717, 1.165) is 24.9 Å². The van der Waals surface area contributed by atoms with Crippen LogP contribution in [0.3, 0.4) is 0 Å². The van der Waals surface area contributed by atoms with Crippen LogP contribution in [0.5, 0.6) is 0 Å². The van der Waals surface area contributed by atoms with Crippen LogP contribution in [0.4, 0.5) is 5.69 Å². The molecule has 0 spiro atoms. The highest BCUT2D eigenvalue weighted by Crippen LogP contribution is 2.37. The minimum Gasteiger partial charge on any atom is -0.481 e. The number of hydrogen-bond donors (Lipinski definition) is 1. The van der Waals surface area contributed by atoms with Crippen molar-refractivity contribution in [3.63, 3.8) is 0 Å². The van der Waals surface area contributed by atoms with E-state index in [0.29, 0.717) is 12.8 Å². The van der Waals surface area contributed by atoms with E-state index in [1.165, 1.54) is 5.56 Å². The van der Waals surface area contributed by atoms with Crippen molar-refractivity contribution in [3.8, 4) is 0 Å². The molecule has 1 aromatic rings. The number of hydrogen-bond acceptors (Lipinski definition) is 2. The lowest BCUT2D eigenvalue weighted by Crippen LogP contribution is -2.45. The predicted molar refractivity (Wildman–Crippen MR) is 80.2 cm³/mol. The van der Waals surface area contributed by atoms with Gasteiger partial charge in [0, 0.05) is 11.7 Å². The van der Waals surface area contributed by atoms with Gasteiger partial charge in [-0.1, -0.05) is 31.0 Å². The molecule has 0 aromatic heterocycles. The maximum absolute atomic E-state index is 13.0. The van der Waals surface area contributed by atoms with Crippen LogP contribution in [0.25, 0.3) is 0 Å². The SMILES string of the molecule is C[C@@H]1Cc2ccccc2N1C(=O)[C@H]1CCCC[C@@H]1C(=O)O. The number of rotatable bonds is 2. The maximum atomic E-state index is 13.0. The zero-order chi connectivity index (χ0) is 15.0. The third-order valence-electron chi connectivity index (χ3n) is 4.85. The molecule has 1 aliphatic heterocycles. The Morgan fingerprint density at radius 3 is 2.52 bits per heavy atom. The monoisotopic (exact) mass is 287 g/mol. The summed E-state index contributed by atoms with van der Waals surface area (Å²) >= 11 is 0. The van der Waals surface area contributed by atoms with Crippen molar-refractivity contribution in [2.75, 3.05) is 4.90 Å².